The number of amidine groups is 1. The number of esters is 1. The Labute approximate surface area is 215 Å². The Bertz CT molecular complexity index is 1210. The zero-order valence-corrected chi connectivity index (χ0v) is 21.5. The quantitative estimate of drug-likeness (QED) is 0.424. The molecule has 4 rings (SSSR count). The summed E-state index contributed by atoms with van der Waals surface area (Å²) in [6.45, 7) is 3.59. The third-order valence-corrected chi connectivity index (χ3v) is 6.58. The Morgan fingerprint density at radius 1 is 1.24 bits per heavy atom. The molecule has 0 radical (unpaired) electrons. The number of amides is 1. The molecule has 0 unspecified atom stereocenters. The summed E-state index contributed by atoms with van der Waals surface area (Å²) in [7, 11) is 0. The Hall–Kier alpha value is -2.75. The molecule has 2 aromatic rings. The summed E-state index contributed by atoms with van der Waals surface area (Å²) in [6.07, 6.45) is 1.87. The van der Waals surface area contributed by atoms with Crippen molar-refractivity contribution in [3.05, 3.63) is 80.4 Å². The molecule has 2 aromatic carbocycles. The van der Waals surface area contributed by atoms with Gasteiger partial charge < -0.3 is 19.7 Å². The first-order valence-corrected chi connectivity index (χ1v) is 12.5. The van der Waals surface area contributed by atoms with Crippen molar-refractivity contribution in [2.24, 2.45) is 4.99 Å². The number of aliphatic imine (C=N–C) groups is 1. The van der Waals surface area contributed by atoms with Crippen LogP contribution >= 0.6 is 39.3 Å². The number of benzene rings is 2. The second kappa shape index (κ2) is 10.7. The second-order valence-corrected chi connectivity index (χ2v) is 9.58. The van der Waals surface area contributed by atoms with Crippen LogP contribution in [0, 0.1) is 0 Å². The Balaban J connectivity index is 1.63. The van der Waals surface area contributed by atoms with E-state index in [4.69, 9.17) is 21.1 Å². The number of allylic oxidation sites excluding steroid dienone is 1. The number of carbonyl (C=O) groups excluding carboxylic acids is 2. The zero-order chi connectivity index (χ0) is 24.2. The normalized spacial score (nSPS) is 16.8. The lowest BCUT2D eigenvalue weighted by Gasteiger charge is -2.34. The molecule has 7 nitrogen and oxygen atoms in total. The number of rotatable bonds is 7. The van der Waals surface area contributed by atoms with Crippen molar-refractivity contribution in [1.29, 1.82) is 0 Å². The number of hydrogen-bond donors (Lipinski definition) is 1. The SMILES string of the molecule is CCOC(=O)C1=C(C)N=C2SC=CN2[C@H]1c1cc(Br)ccc1OCC(=O)Nc1ccc(Cl)cc1. The minimum atomic E-state index is -0.523. The monoisotopic (exact) mass is 561 g/mol. The molecule has 0 aromatic heterocycles. The van der Waals surface area contributed by atoms with Gasteiger partial charge in [-0.3, -0.25) is 4.79 Å². The molecule has 0 saturated carbocycles. The molecule has 10 heteroatoms. The Morgan fingerprint density at radius 3 is 2.74 bits per heavy atom. The molecule has 176 valence electrons. The van der Waals surface area contributed by atoms with Crippen LogP contribution in [0.1, 0.15) is 25.5 Å². The van der Waals surface area contributed by atoms with E-state index in [0.717, 1.165) is 9.64 Å². The topological polar surface area (TPSA) is 80.2 Å². The summed E-state index contributed by atoms with van der Waals surface area (Å²) in [5.74, 6) is -0.291. The highest BCUT2D eigenvalue weighted by atomic mass is 79.9. The molecule has 1 amide bonds. The number of halogens is 2. The number of ether oxygens (including phenoxy) is 2. The van der Waals surface area contributed by atoms with Gasteiger partial charge in [0.05, 0.1) is 23.9 Å². The predicted molar refractivity (Wildman–Crippen MR) is 138 cm³/mol. The van der Waals surface area contributed by atoms with Gasteiger partial charge in [0, 0.05) is 26.9 Å². The number of carbonyl (C=O) groups is 2. The third kappa shape index (κ3) is 5.32. The maximum atomic E-state index is 12.9. The van der Waals surface area contributed by atoms with Crippen molar-refractivity contribution in [2.45, 2.75) is 19.9 Å². The fourth-order valence-corrected chi connectivity index (χ4v) is 4.91. The van der Waals surface area contributed by atoms with Crippen LogP contribution in [0.15, 0.2) is 74.8 Å². The van der Waals surface area contributed by atoms with Crippen LogP contribution in [0.2, 0.25) is 5.02 Å². The van der Waals surface area contributed by atoms with Crippen molar-refractivity contribution in [2.75, 3.05) is 18.5 Å². The van der Waals surface area contributed by atoms with Gasteiger partial charge in [-0.25, -0.2) is 9.79 Å². The van der Waals surface area contributed by atoms with Gasteiger partial charge in [-0.15, -0.1) is 0 Å². The maximum absolute atomic E-state index is 12.9. The van der Waals surface area contributed by atoms with Crippen LogP contribution in [-0.2, 0) is 14.3 Å². The number of nitrogens with one attached hydrogen (secondary N) is 1. The summed E-state index contributed by atoms with van der Waals surface area (Å²) in [5.41, 5.74) is 2.32. The minimum absolute atomic E-state index is 0.215. The molecule has 0 saturated heterocycles. The highest BCUT2D eigenvalue weighted by Crippen LogP contribution is 2.44. The third-order valence-electron chi connectivity index (χ3n) is 5.07. The molecular formula is C24H21BrClN3O4S. The summed E-state index contributed by atoms with van der Waals surface area (Å²) < 4.78 is 12.1. The van der Waals surface area contributed by atoms with Crippen LogP contribution in [0.4, 0.5) is 5.69 Å². The molecular weight excluding hydrogens is 542 g/mol. The van der Waals surface area contributed by atoms with E-state index < -0.39 is 12.0 Å². The average Bonchev–Trinajstić information content (AvgIpc) is 3.27. The average molecular weight is 563 g/mol. The maximum Gasteiger partial charge on any atom is 0.338 e. The molecule has 0 bridgehead atoms. The van der Waals surface area contributed by atoms with Gasteiger partial charge in [-0.2, -0.15) is 0 Å². The van der Waals surface area contributed by atoms with Gasteiger partial charge in [0.2, 0.25) is 0 Å². The fourth-order valence-electron chi connectivity index (χ4n) is 3.61. The molecule has 1 N–H and O–H groups in total. The zero-order valence-electron chi connectivity index (χ0n) is 18.4. The lowest BCUT2D eigenvalue weighted by molar-refractivity contribution is -0.139. The van der Waals surface area contributed by atoms with Crippen molar-refractivity contribution >= 4 is 62.0 Å². The standard InChI is InChI=1S/C24H21BrClN3O4S/c1-3-32-23(31)21-14(2)27-24-29(10-11-34-24)22(21)18-12-15(25)4-9-19(18)33-13-20(30)28-17-7-5-16(26)6-8-17/h4-12,22H,3,13H2,1-2H3,(H,28,30)/t22-/m0/s1. The largest absolute Gasteiger partial charge is 0.483 e. The summed E-state index contributed by atoms with van der Waals surface area (Å²) in [6, 6.07) is 11.8. The Kier molecular flexibility index (Phi) is 7.65. The van der Waals surface area contributed by atoms with E-state index in [1.54, 1.807) is 44.2 Å². The second-order valence-electron chi connectivity index (χ2n) is 7.35. The molecule has 0 aliphatic carbocycles. The minimum Gasteiger partial charge on any atom is -0.483 e. The van der Waals surface area contributed by atoms with Gasteiger partial charge in [0.1, 0.15) is 5.75 Å². The van der Waals surface area contributed by atoms with Crippen LogP contribution in [0.25, 0.3) is 0 Å². The van der Waals surface area contributed by atoms with Crippen LogP contribution in [0.5, 0.6) is 5.75 Å². The number of anilines is 1. The van der Waals surface area contributed by atoms with E-state index in [0.29, 0.717) is 33.3 Å². The van der Waals surface area contributed by atoms with Crippen LogP contribution < -0.4 is 10.1 Å². The van der Waals surface area contributed by atoms with Crippen LogP contribution in [0.3, 0.4) is 0 Å². The Morgan fingerprint density at radius 2 is 2.00 bits per heavy atom. The molecule has 2 aliphatic heterocycles. The van der Waals surface area contributed by atoms with Gasteiger partial charge in [0.25, 0.3) is 5.91 Å². The lowest BCUT2D eigenvalue weighted by atomic mass is 9.94. The van der Waals surface area contributed by atoms with E-state index in [-0.39, 0.29) is 19.1 Å². The summed E-state index contributed by atoms with van der Waals surface area (Å²) in [5, 5.41) is 6.02. The molecule has 0 spiro atoms. The number of nitrogens with zero attached hydrogens (tertiary/aromatic N) is 2. The number of thioether (sulfide) groups is 1. The van der Waals surface area contributed by atoms with E-state index in [9.17, 15) is 9.59 Å². The molecule has 0 fully saturated rings. The lowest BCUT2D eigenvalue weighted by Crippen LogP contribution is -2.34. The number of fused-ring (bicyclic) bond motifs is 1. The van der Waals surface area contributed by atoms with Gasteiger partial charge in [-0.1, -0.05) is 39.3 Å². The van der Waals surface area contributed by atoms with Gasteiger partial charge in [-0.05, 0) is 61.7 Å². The van der Waals surface area contributed by atoms with Crippen LogP contribution in [-0.4, -0.2) is 35.2 Å². The molecule has 2 aliphatic rings. The van der Waals surface area contributed by atoms with E-state index >= 15 is 0 Å². The van der Waals surface area contributed by atoms with Crippen molar-refractivity contribution < 1.29 is 19.1 Å². The predicted octanol–water partition coefficient (Wildman–Crippen LogP) is 5.89. The number of hydrogen-bond acceptors (Lipinski definition) is 7. The van der Waals surface area contributed by atoms with Gasteiger partial charge in [0.15, 0.2) is 11.8 Å². The first-order chi connectivity index (χ1) is 16.4. The summed E-state index contributed by atoms with van der Waals surface area (Å²) in [4.78, 5) is 31.9. The molecule has 1 atom stereocenters. The molecule has 34 heavy (non-hydrogen) atoms. The van der Waals surface area contributed by atoms with Crippen molar-refractivity contribution in [3.8, 4) is 5.75 Å². The first-order valence-electron chi connectivity index (χ1n) is 10.4. The molecule has 2 heterocycles. The van der Waals surface area contributed by atoms with Crippen molar-refractivity contribution in [1.82, 2.24) is 4.90 Å². The van der Waals surface area contributed by atoms with E-state index in [1.807, 2.05) is 28.6 Å². The van der Waals surface area contributed by atoms with E-state index in [2.05, 4.69) is 26.2 Å². The highest BCUT2D eigenvalue weighted by Gasteiger charge is 2.39. The van der Waals surface area contributed by atoms with Gasteiger partial charge >= 0.3 is 5.97 Å². The summed E-state index contributed by atoms with van der Waals surface area (Å²) >= 11 is 10.9. The fraction of sp³-hybridized carbons (Fsp3) is 0.208. The smallest absolute Gasteiger partial charge is 0.338 e. The van der Waals surface area contributed by atoms with Crippen molar-refractivity contribution in [3.63, 3.8) is 0 Å². The highest BCUT2D eigenvalue weighted by molar-refractivity contribution is 9.10. The van der Waals surface area contributed by atoms with E-state index in [1.165, 1.54) is 11.8 Å². The first kappa shape index (κ1) is 24.4.